The van der Waals surface area contributed by atoms with Gasteiger partial charge in [0.2, 0.25) is 0 Å². The van der Waals surface area contributed by atoms with Crippen molar-refractivity contribution >= 4 is 0 Å². The quantitative estimate of drug-likeness (QED) is 0.790. The summed E-state index contributed by atoms with van der Waals surface area (Å²) in [4.78, 5) is 4.53. The molecule has 0 fully saturated rings. The predicted octanol–water partition coefficient (Wildman–Crippen LogP) is 2.75. The molecule has 1 unspecified atom stereocenters. The van der Waals surface area contributed by atoms with Crippen LogP contribution in [0.2, 0.25) is 0 Å². The second-order valence-corrected chi connectivity index (χ2v) is 4.90. The fraction of sp³-hybridized carbons (Fsp3) is 0.643. The predicted molar refractivity (Wildman–Crippen MR) is 70.7 cm³/mol. The first-order valence-electron chi connectivity index (χ1n) is 6.32. The summed E-state index contributed by atoms with van der Waals surface area (Å²) < 4.78 is 5.79. The zero-order valence-corrected chi connectivity index (χ0v) is 11.4. The van der Waals surface area contributed by atoms with E-state index in [2.05, 4.69) is 31.1 Å². The molecule has 0 amide bonds. The van der Waals surface area contributed by atoms with Crippen LogP contribution in [0.5, 0.6) is 0 Å². The Bertz CT molecular complexity index is 326. The third-order valence-electron chi connectivity index (χ3n) is 2.54. The highest BCUT2D eigenvalue weighted by Crippen LogP contribution is 2.10. The number of nitrogens with zero attached hydrogens (tertiary/aromatic N) is 1. The summed E-state index contributed by atoms with van der Waals surface area (Å²) in [5.74, 6) is 0.675. The highest BCUT2D eigenvalue weighted by atomic mass is 16.5. The Labute approximate surface area is 105 Å². The minimum absolute atomic E-state index is 0.296. The number of nitrogens with one attached hydrogen (secondary N) is 1. The average Bonchev–Trinajstić information content (AvgIpc) is 2.26. The summed E-state index contributed by atoms with van der Waals surface area (Å²) in [7, 11) is 1.93. The van der Waals surface area contributed by atoms with Gasteiger partial charge in [-0.3, -0.25) is 4.98 Å². The number of rotatable bonds is 7. The SMILES string of the molecule is CNCc1cccc(COC(C)CC(C)C)n1. The normalized spacial score (nSPS) is 13.0. The summed E-state index contributed by atoms with van der Waals surface area (Å²) in [6, 6.07) is 6.07. The van der Waals surface area contributed by atoms with Gasteiger partial charge in [0.1, 0.15) is 0 Å². The van der Waals surface area contributed by atoms with E-state index in [0.717, 1.165) is 24.4 Å². The highest BCUT2D eigenvalue weighted by molar-refractivity contribution is 5.10. The van der Waals surface area contributed by atoms with Crippen LogP contribution in [0.15, 0.2) is 18.2 Å². The molecular weight excluding hydrogens is 212 g/mol. The van der Waals surface area contributed by atoms with Crippen molar-refractivity contribution in [1.82, 2.24) is 10.3 Å². The summed E-state index contributed by atoms with van der Waals surface area (Å²) >= 11 is 0. The average molecular weight is 236 g/mol. The second-order valence-electron chi connectivity index (χ2n) is 4.90. The van der Waals surface area contributed by atoms with Crippen LogP contribution < -0.4 is 5.32 Å². The molecule has 0 spiro atoms. The summed E-state index contributed by atoms with van der Waals surface area (Å²) in [6.07, 6.45) is 1.39. The second kappa shape index (κ2) is 7.41. The zero-order valence-electron chi connectivity index (χ0n) is 11.4. The van der Waals surface area contributed by atoms with Gasteiger partial charge in [-0.1, -0.05) is 19.9 Å². The van der Waals surface area contributed by atoms with Crippen LogP contribution in [0, 0.1) is 5.92 Å². The maximum atomic E-state index is 5.79. The van der Waals surface area contributed by atoms with Crippen molar-refractivity contribution in [3.05, 3.63) is 29.6 Å². The van der Waals surface area contributed by atoms with E-state index in [4.69, 9.17) is 4.74 Å². The van der Waals surface area contributed by atoms with Crippen molar-refractivity contribution in [2.24, 2.45) is 5.92 Å². The Morgan fingerprint density at radius 1 is 1.24 bits per heavy atom. The maximum absolute atomic E-state index is 5.79. The van der Waals surface area contributed by atoms with E-state index in [1.165, 1.54) is 0 Å². The van der Waals surface area contributed by atoms with Crippen molar-refractivity contribution in [2.45, 2.75) is 46.4 Å². The molecule has 17 heavy (non-hydrogen) atoms. The van der Waals surface area contributed by atoms with Crippen LogP contribution in [-0.2, 0) is 17.9 Å². The lowest BCUT2D eigenvalue weighted by atomic mass is 10.1. The molecule has 96 valence electrons. The Morgan fingerprint density at radius 2 is 1.94 bits per heavy atom. The molecular formula is C14H24N2O. The minimum atomic E-state index is 0.296. The third-order valence-corrected chi connectivity index (χ3v) is 2.54. The molecule has 0 aliphatic heterocycles. The summed E-state index contributed by atoms with van der Waals surface area (Å²) in [5.41, 5.74) is 2.07. The maximum Gasteiger partial charge on any atom is 0.0891 e. The Kier molecular flexibility index (Phi) is 6.16. The number of ether oxygens (including phenoxy) is 1. The number of pyridine rings is 1. The molecule has 0 saturated heterocycles. The largest absolute Gasteiger partial charge is 0.372 e. The lowest BCUT2D eigenvalue weighted by Gasteiger charge is -2.15. The van der Waals surface area contributed by atoms with Crippen LogP contribution >= 0.6 is 0 Å². The Hall–Kier alpha value is -0.930. The molecule has 0 aromatic carbocycles. The number of aromatic nitrogens is 1. The summed E-state index contributed by atoms with van der Waals surface area (Å²) in [6.45, 7) is 7.95. The molecule has 1 aromatic heterocycles. The Morgan fingerprint density at radius 3 is 2.59 bits per heavy atom. The smallest absolute Gasteiger partial charge is 0.0891 e. The molecule has 1 heterocycles. The van der Waals surface area contributed by atoms with Crippen LogP contribution in [0.3, 0.4) is 0 Å². The van der Waals surface area contributed by atoms with E-state index in [9.17, 15) is 0 Å². The van der Waals surface area contributed by atoms with E-state index in [1.54, 1.807) is 0 Å². The molecule has 0 aliphatic rings. The lowest BCUT2D eigenvalue weighted by Crippen LogP contribution is -2.12. The van der Waals surface area contributed by atoms with Crippen molar-refractivity contribution in [3.8, 4) is 0 Å². The lowest BCUT2D eigenvalue weighted by molar-refractivity contribution is 0.0378. The first kappa shape index (κ1) is 14.1. The monoisotopic (exact) mass is 236 g/mol. The van der Waals surface area contributed by atoms with Crippen LogP contribution in [0.4, 0.5) is 0 Å². The number of hydrogen-bond acceptors (Lipinski definition) is 3. The van der Waals surface area contributed by atoms with Crippen LogP contribution in [-0.4, -0.2) is 18.1 Å². The fourth-order valence-corrected chi connectivity index (χ4v) is 1.85. The van der Waals surface area contributed by atoms with Crippen molar-refractivity contribution in [3.63, 3.8) is 0 Å². The molecule has 1 N–H and O–H groups in total. The van der Waals surface area contributed by atoms with Gasteiger partial charge in [0.15, 0.2) is 0 Å². The van der Waals surface area contributed by atoms with Gasteiger partial charge in [0.05, 0.1) is 24.1 Å². The van der Waals surface area contributed by atoms with E-state index < -0.39 is 0 Å². The Balaban J connectivity index is 2.43. The van der Waals surface area contributed by atoms with Gasteiger partial charge < -0.3 is 10.1 Å². The molecule has 0 radical (unpaired) electrons. The molecule has 1 rings (SSSR count). The molecule has 3 heteroatoms. The third kappa shape index (κ3) is 5.80. The van der Waals surface area contributed by atoms with Crippen molar-refractivity contribution in [1.29, 1.82) is 0 Å². The van der Waals surface area contributed by atoms with Crippen molar-refractivity contribution < 1.29 is 4.74 Å². The molecule has 0 bridgehead atoms. The van der Waals surface area contributed by atoms with Gasteiger partial charge in [0, 0.05) is 6.54 Å². The van der Waals surface area contributed by atoms with Gasteiger partial charge >= 0.3 is 0 Å². The highest BCUT2D eigenvalue weighted by Gasteiger charge is 2.06. The standard InChI is InChI=1S/C14H24N2O/c1-11(2)8-12(3)17-10-14-7-5-6-13(16-14)9-15-4/h5-7,11-12,15H,8-10H2,1-4H3. The molecule has 0 saturated carbocycles. The first-order valence-corrected chi connectivity index (χ1v) is 6.32. The van der Waals surface area contributed by atoms with Gasteiger partial charge in [-0.2, -0.15) is 0 Å². The summed E-state index contributed by atoms with van der Waals surface area (Å²) in [5, 5.41) is 3.10. The first-order chi connectivity index (χ1) is 8.11. The number of hydrogen-bond donors (Lipinski definition) is 1. The van der Waals surface area contributed by atoms with E-state index >= 15 is 0 Å². The van der Waals surface area contributed by atoms with E-state index in [-0.39, 0.29) is 0 Å². The fourth-order valence-electron chi connectivity index (χ4n) is 1.85. The molecule has 3 nitrogen and oxygen atoms in total. The minimum Gasteiger partial charge on any atom is -0.372 e. The van der Waals surface area contributed by atoms with Gasteiger partial charge in [0.25, 0.3) is 0 Å². The topological polar surface area (TPSA) is 34.1 Å². The van der Waals surface area contributed by atoms with Gasteiger partial charge in [-0.15, -0.1) is 0 Å². The molecule has 0 aliphatic carbocycles. The molecule has 1 atom stereocenters. The van der Waals surface area contributed by atoms with Crippen molar-refractivity contribution in [2.75, 3.05) is 7.05 Å². The van der Waals surface area contributed by atoms with Gasteiger partial charge in [-0.25, -0.2) is 0 Å². The van der Waals surface area contributed by atoms with E-state index in [1.807, 2.05) is 25.2 Å². The van der Waals surface area contributed by atoms with Gasteiger partial charge in [-0.05, 0) is 38.4 Å². The van der Waals surface area contributed by atoms with E-state index in [0.29, 0.717) is 18.6 Å². The van der Waals surface area contributed by atoms with Crippen LogP contribution in [0.25, 0.3) is 0 Å². The zero-order chi connectivity index (χ0) is 12.7. The molecule has 1 aromatic rings. The van der Waals surface area contributed by atoms with Crippen LogP contribution in [0.1, 0.15) is 38.6 Å².